The van der Waals surface area contributed by atoms with Gasteiger partial charge in [0.1, 0.15) is 29.3 Å². The van der Waals surface area contributed by atoms with E-state index in [1.54, 1.807) is 19.1 Å². The van der Waals surface area contributed by atoms with Crippen LogP contribution in [-0.4, -0.2) is 67.8 Å². The third-order valence-electron chi connectivity index (χ3n) is 9.09. The van der Waals surface area contributed by atoms with Crippen LogP contribution in [0.2, 0.25) is 0 Å². The predicted molar refractivity (Wildman–Crippen MR) is 180 cm³/mol. The van der Waals surface area contributed by atoms with Crippen molar-refractivity contribution in [3.8, 4) is 5.75 Å². The average Bonchev–Trinajstić information content (AvgIpc) is 3.00. The molecule has 1 saturated heterocycles. The molecular formula is C37H58O9. The van der Waals surface area contributed by atoms with Crippen molar-refractivity contribution in [1.29, 1.82) is 0 Å². The molecule has 1 aliphatic rings. The Hall–Kier alpha value is -2.53. The van der Waals surface area contributed by atoms with E-state index in [-0.39, 0.29) is 29.6 Å². The number of aliphatic hydroxyl groups is 5. The van der Waals surface area contributed by atoms with Crippen LogP contribution < -0.4 is 5.63 Å². The molecule has 0 spiro atoms. The molecule has 0 bridgehead atoms. The smallest absolute Gasteiger partial charge is 0.345 e. The van der Waals surface area contributed by atoms with E-state index in [1.165, 1.54) is 24.5 Å². The molecule has 2 heterocycles. The zero-order chi connectivity index (χ0) is 34.7. The first-order valence-electron chi connectivity index (χ1n) is 16.7. The number of allylic oxidation sites excluding steroid dienone is 6. The zero-order valence-electron chi connectivity index (χ0n) is 28.8. The Morgan fingerprint density at radius 1 is 1.04 bits per heavy atom. The summed E-state index contributed by atoms with van der Waals surface area (Å²) in [5, 5.41) is 62.3. The SMILES string of the molecule is CCC(C)CC(C)C=C(C)C=CCC(C)C(O)C(C)C=C(C)C=CC(O)C(C)c1cc(O)c(C2OC(CO)CC(O)C2O)c(=O)o1. The fraction of sp³-hybridized carbons (Fsp3) is 0.649. The highest BCUT2D eigenvalue weighted by Gasteiger charge is 2.40. The minimum absolute atomic E-state index is 0.0221. The molecule has 9 nitrogen and oxygen atoms in total. The molecule has 1 fully saturated rings. The molecule has 0 radical (unpaired) electrons. The summed E-state index contributed by atoms with van der Waals surface area (Å²) in [7, 11) is 0. The van der Waals surface area contributed by atoms with Gasteiger partial charge in [-0.1, -0.05) is 95.6 Å². The molecule has 11 atom stereocenters. The van der Waals surface area contributed by atoms with Crippen molar-refractivity contribution < 1.29 is 39.8 Å². The maximum Gasteiger partial charge on any atom is 0.345 e. The average molecular weight is 647 g/mol. The highest BCUT2D eigenvalue weighted by Crippen LogP contribution is 2.36. The highest BCUT2D eigenvalue weighted by molar-refractivity contribution is 5.35. The van der Waals surface area contributed by atoms with Crippen molar-refractivity contribution in [2.45, 2.75) is 124 Å². The molecule has 0 saturated carbocycles. The van der Waals surface area contributed by atoms with Gasteiger partial charge in [-0.05, 0) is 44.4 Å². The maximum absolute atomic E-state index is 12.8. The number of hydrogen-bond donors (Lipinski definition) is 6. The minimum Gasteiger partial charge on any atom is -0.507 e. The van der Waals surface area contributed by atoms with Gasteiger partial charge in [0.15, 0.2) is 0 Å². The Morgan fingerprint density at radius 3 is 2.30 bits per heavy atom. The first kappa shape index (κ1) is 39.6. The van der Waals surface area contributed by atoms with Crippen LogP contribution in [0.5, 0.6) is 5.75 Å². The van der Waals surface area contributed by atoms with Crippen LogP contribution >= 0.6 is 0 Å². The summed E-state index contributed by atoms with van der Waals surface area (Å²) in [6, 6.07) is 1.19. The van der Waals surface area contributed by atoms with Crippen molar-refractivity contribution in [2.75, 3.05) is 6.61 Å². The van der Waals surface area contributed by atoms with Crippen LogP contribution in [0.15, 0.2) is 62.9 Å². The summed E-state index contributed by atoms with van der Waals surface area (Å²) < 4.78 is 10.9. The topological polar surface area (TPSA) is 161 Å². The largest absolute Gasteiger partial charge is 0.507 e. The quantitative estimate of drug-likeness (QED) is 0.128. The monoisotopic (exact) mass is 646 g/mol. The standard InChI is InChI=1S/C37H58O9/c1-9-21(2)15-24(5)16-22(3)11-10-12-25(6)34(42)26(7)17-23(4)13-14-29(39)27(8)32-19-30(40)33(37(44)46-32)36-35(43)31(41)18-28(20-38)45-36/h10-11,13-14,16-17,19,21,24-29,31,34-36,38-43H,9,12,15,18,20H2,1-8H3. The van der Waals surface area contributed by atoms with Gasteiger partial charge in [-0.25, -0.2) is 4.79 Å². The van der Waals surface area contributed by atoms with E-state index < -0.39 is 60.5 Å². The molecule has 260 valence electrons. The van der Waals surface area contributed by atoms with Crippen molar-refractivity contribution >= 4 is 0 Å². The van der Waals surface area contributed by atoms with E-state index in [0.29, 0.717) is 11.8 Å². The van der Waals surface area contributed by atoms with Gasteiger partial charge in [0, 0.05) is 24.3 Å². The molecular weight excluding hydrogens is 588 g/mol. The number of aliphatic hydroxyl groups excluding tert-OH is 5. The summed E-state index contributed by atoms with van der Waals surface area (Å²) in [5.74, 6) is -0.0276. The van der Waals surface area contributed by atoms with Crippen LogP contribution in [0.25, 0.3) is 0 Å². The summed E-state index contributed by atoms with van der Waals surface area (Å²) in [5.41, 5.74) is 0.741. The van der Waals surface area contributed by atoms with Crippen LogP contribution in [0.3, 0.4) is 0 Å². The molecule has 0 aliphatic carbocycles. The maximum atomic E-state index is 12.8. The Bertz CT molecular complexity index is 1260. The predicted octanol–water partition coefficient (Wildman–Crippen LogP) is 5.45. The second kappa shape index (κ2) is 18.7. The Kier molecular flexibility index (Phi) is 16.1. The summed E-state index contributed by atoms with van der Waals surface area (Å²) in [4.78, 5) is 12.8. The van der Waals surface area contributed by atoms with Gasteiger partial charge in [-0.15, -0.1) is 0 Å². The van der Waals surface area contributed by atoms with Crippen molar-refractivity contribution in [3.05, 3.63) is 75.4 Å². The van der Waals surface area contributed by atoms with E-state index >= 15 is 0 Å². The molecule has 0 amide bonds. The van der Waals surface area contributed by atoms with Crippen LogP contribution in [0, 0.1) is 23.7 Å². The Labute approximate surface area is 274 Å². The van der Waals surface area contributed by atoms with E-state index in [4.69, 9.17) is 9.15 Å². The minimum atomic E-state index is -1.50. The van der Waals surface area contributed by atoms with Crippen molar-refractivity contribution in [1.82, 2.24) is 0 Å². The third-order valence-corrected chi connectivity index (χ3v) is 9.09. The first-order valence-corrected chi connectivity index (χ1v) is 16.7. The fourth-order valence-electron chi connectivity index (χ4n) is 5.96. The van der Waals surface area contributed by atoms with E-state index in [0.717, 1.165) is 12.0 Å². The van der Waals surface area contributed by atoms with Gasteiger partial charge >= 0.3 is 5.63 Å². The molecule has 1 aromatic heterocycles. The molecule has 1 aromatic rings. The normalized spacial score (nSPS) is 26.2. The molecule has 11 unspecified atom stereocenters. The second-order valence-electron chi connectivity index (χ2n) is 13.5. The van der Waals surface area contributed by atoms with E-state index in [1.807, 2.05) is 26.8 Å². The van der Waals surface area contributed by atoms with Gasteiger partial charge in [-0.2, -0.15) is 0 Å². The summed E-state index contributed by atoms with van der Waals surface area (Å²) in [6.07, 6.45) is 8.32. The van der Waals surface area contributed by atoms with Crippen LogP contribution in [0.1, 0.15) is 104 Å². The molecule has 9 heteroatoms. The summed E-state index contributed by atoms with van der Waals surface area (Å²) >= 11 is 0. The molecule has 46 heavy (non-hydrogen) atoms. The Morgan fingerprint density at radius 2 is 1.70 bits per heavy atom. The zero-order valence-corrected chi connectivity index (χ0v) is 28.8. The van der Waals surface area contributed by atoms with Crippen molar-refractivity contribution in [3.63, 3.8) is 0 Å². The lowest BCUT2D eigenvalue weighted by atomic mass is 9.89. The van der Waals surface area contributed by atoms with Crippen molar-refractivity contribution in [2.24, 2.45) is 23.7 Å². The van der Waals surface area contributed by atoms with Gasteiger partial charge < -0.3 is 39.8 Å². The molecule has 6 N–H and O–H groups in total. The third kappa shape index (κ3) is 11.6. The van der Waals surface area contributed by atoms with Crippen LogP contribution in [0.4, 0.5) is 0 Å². The number of aromatic hydroxyl groups is 1. The first-order chi connectivity index (χ1) is 21.6. The van der Waals surface area contributed by atoms with Gasteiger partial charge in [-0.3, -0.25) is 0 Å². The van der Waals surface area contributed by atoms with Gasteiger partial charge in [0.2, 0.25) is 0 Å². The molecule has 0 aromatic carbocycles. The molecule has 2 rings (SSSR count). The Balaban J connectivity index is 2.01. The number of ether oxygens (including phenoxy) is 1. The lowest BCUT2D eigenvalue weighted by Gasteiger charge is -2.36. The van der Waals surface area contributed by atoms with E-state index in [2.05, 4.69) is 45.9 Å². The fourth-order valence-corrected chi connectivity index (χ4v) is 5.96. The van der Waals surface area contributed by atoms with Gasteiger partial charge in [0.25, 0.3) is 0 Å². The number of rotatable bonds is 16. The van der Waals surface area contributed by atoms with Gasteiger partial charge in [0.05, 0.1) is 31.0 Å². The van der Waals surface area contributed by atoms with Crippen LogP contribution in [-0.2, 0) is 4.74 Å². The lowest BCUT2D eigenvalue weighted by molar-refractivity contribution is -0.180. The summed E-state index contributed by atoms with van der Waals surface area (Å²) in [6.45, 7) is 15.9. The second-order valence-corrected chi connectivity index (χ2v) is 13.5. The molecule has 1 aliphatic heterocycles. The number of hydrogen-bond acceptors (Lipinski definition) is 9. The van der Waals surface area contributed by atoms with E-state index in [9.17, 15) is 35.4 Å². The highest BCUT2D eigenvalue weighted by atomic mass is 16.5. The lowest BCUT2D eigenvalue weighted by Crippen LogP contribution is -2.45.